The van der Waals surface area contributed by atoms with Gasteiger partial charge in [0.2, 0.25) is 0 Å². The van der Waals surface area contributed by atoms with Gasteiger partial charge in [-0.05, 0) is 62.4 Å². The van der Waals surface area contributed by atoms with Crippen LogP contribution < -0.4 is 15.5 Å². The Balaban J connectivity index is 1.49. The topological polar surface area (TPSA) is 85.5 Å². The molecule has 0 aliphatic heterocycles. The third-order valence-corrected chi connectivity index (χ3v) is 4.01. The molecule has 0 radical (unpaired) electrons. The van der Waals surface area contributed by atoms with E-state index in [2.05, 4.69) is 10.7 Å². The van der Waals surface area contributed by atoms with Crippen molar-refractivity contribution in [2.45, 2.75) is 20.4 Å². The Morgan fingerprint density at radius 3 is 2.37 bits per heavy atom. The van der Waals surface area contributed by atoms with Gasteiger partial charge in [0.05, 0.1) is 12.8 Å². The van der Waals surface area contributed by atoms with Crippen LogP contribution in [0, 0.1) is 13.8 Å². The average Bonchev–Trinajstić information content (AvgIpc) is 3.30. The molecule has 2 aromatic heterocycles. The van der Waals surface area contributed by atoms with Gasteiger partial charge in [-0.15, -0.1) is 0 Å². The standard InChI is InChI=1S/C20H21N3O4/c1-14-5-6-15(2)23(14)22-20(25)16-7-9-17(10-8-16)27-13-19(24)21-12-18-4-3-11-26-18/h3-11H,12-13H2,1-2H3,(H,21,24)(H,22,25). The summed E-state index contributed by atoms with van der Waals surface area (Å²) in [6.07, 6.45) is 1.55. The number of rotatable bonds is 7. The van der Waals surface area contributed by atoms with Crippen molar-refractivity contribution in [3.05, 3.63) is 77.5 Å². The largest absolute Gasteiger partial charge is 0.484 e. The molecule has 0 saturated carbocycles. The van der Waals surface area contributed by atoms with Gasteiger partial charge in [0.1, 0.15) is 11.5 Å². The maximum Gasteiger partial charge on any atom is 0.270 e. The molecule has 3 aromatic rings. The highest BCUT2D eigenvalue weighted by molar-refractivity contribution is 6.00. The summed E-state index contributed by atoms with van der Waals surface area (Å²) in [5.74, 6) is 0.701. The number of hydrogen-bond acceptors (Lipinski definition) is 4. The summed E-state index contributed by atoms with van der Waals surface area (Å²) in [4.78, 5) is 24.1. The van der Waals surface area contributed by atoms with E-state index in [0.29, 0.717) is 23.6 Å². The van der Waals surface area contributed by atoms with E-state index in [1.54, 1.807) is 47.3 Å². The molecule has 7 heteroatoms. The Kier molecular flexibility index (Phi) is 5.61. The lowest BCUT2D eigenvalue weighted by Crippen LogP contribution is -2.28. The molecule has 140 valence electrons. The number of aromatic nitrogens is 1. The van der Waals surface area contributed by atoms with Gasteiger partial charge in [0.15, 0.2) is 6.61 Å². The summed E-state index contributed by atoms with van der Waals surface area (Å²) in [6.45, 7) is 4.03. The van der Waals surface area contributed by atoms with Gasteiger partial charge in [0, 0.05) is 17.0 Å². The SMILES string of the molecule is Cc1ccc(C)n1NC(=O)c1ccc(OCC(=O)NCc2ccco2)cc1. The summed E-state index contributed by atoms with van der Waals surface area (Å²) < 4.78 is 12.3. The lowest BCUT2D eigenvalue weighted by Gasteiger charge is -2.12. The highest BCUT2D eigenvalue weighted by Gasteiger charge is 2.09. The minimum Gasteiger partial charge on any atom is -0.484 e. The van der Waals surface area contributed by atoms with Crippen molar-refractivity contribution in [1.82, 2.24) is 9.99 Å². The van der Waals surface area contributed by atoms with E-state index >= 15 is 0 Å². The van der Waals surface area contributed by atoms with Crippen LogP contribution >= 0.6 is 0 Å². The van der Waals surface area contributed by atoms with Crippen molar-refractivity contribution >= 4 is 11.8 Å². The first-order chi connectivity index (χ1) is 13.0. The summed E-state index contributed by atoms with van der Waals surface area (Å²) in [7, 11) is 0. The fourth-order valence-corrected chi connectivity index (χ4v) is 2.51. The molecule has 2 N–H and O–H groups in total. The van der Waals surface area contributed by atoms with E-state index in [9.17, 15) is 9.59 Å². The van der Waals surface area contributed by atoms with Crippen LogP contribution in [0.2, 0.25) is 0 Å². The van der Waals surface area contributed by atoms with Crippen molar-refractivity contribution in [3.63, 3.8) is 0 Å². The number of nitrogens with zero attached hydrogens (tertiary/aromatic N) is 1. The summed E-state index contributed by atoms with van der Waals surface area (Å²) in [5, 5.41) is 2.70. The fraction of sp³-hybridized carbons (Fsp3) is 0.200. The number of aryl methyl sites for hydroxylation is 2. The number of nitrogens with one attached hydrogen (secondary N) is 2. The Morgan fingerprint density at radius 1 is 1.04 bits per heavy atom. The number of carbonyl (C=O) groups excluding carboxylic acids is 2. The second-order valence-corrected chi connectivity index (χ2v) is 6.06. The van der Waals surface area contributed by atoms with Crippen LogP contribution in [-0.2, 0) is 11.3 Å². The molecule has 0 bridgehead atoms. The molecule has 0 atom stereocenters. The van der Waals surface area contributed by atoms with Crippen molar-refractivity contribution < 1.29 is 18.7 Å². The number of amides is 2. The van der Waals surface area contributed by atoms with E-state index in [4.69, 9.17) is 9.15 Å². The highest BCUT2D eigenvalue weighted by Crippen LogP contribution is 2.13. The summed E-state index contributed by atoms with van der Waals surface area (Å²) >= 11 is 0. The van der Waals surface area contributed by atoms with Crippen LogP contribution in [0.15, 0.2) is 59.2 Å². The van der Waals surface area contributed by atoms with Crippen LogP contribution in [0.1, 0.15) is 27.5 Å². The molecule has 7 nitrogen and oxygen atoms in total. The zero-order valence-corrected chi connectivity index (χ0v) is 15.2. The molecule has 0 spiro atoms. The van der Waals surface area contributed by atoms with Gasteiger partial charge < -0.3 is 14.5 Å². The van der Waals surface area contributed by atoms with Crippen LogP contribution in [0.4, 0.5) is 0 Å². The Bertz CT molecular complexity index is 892. The summed E-state index contributed by atoms with van der Waals surface area (Å²) in [5.41, 5.74) is 5.23. The molecule has 0 unspecified atom stereocenters. The second kappa shape index (κ2) is 8.27. The number of furan rings is 1. The molecule has 27 heavy (non-hydrogen) atoms. The molecular weight excluding hydrogens is 346 g/mol. The molecule has 0 fully saturated rings. The van der Waals surface area contributed by atoms with Gasteiger partial charge in [-0.25, -0.2) is 0 Å². The van der Waals surface area contributed by atoms with E-state index in [1.165, 1.54) is 0 Å². The maximum atomic E-state index is 12.3. The molecule has 1 aromatic carbocycles. The molecule has 0 saturated heterocycles. The quantitative estimate of drug-likeness (QED) is 0.672. The van der Waals surface area contributed by atoms with E-state index < -0.39 is 0 Å². The minimum atomic E-state index is -0.258. The van der Waals surface area contributed by atoms with Crippen LogP contribution in [0.5, 0.6) is 5.75 Å². The number of carbonyl (C=O) groups is 2. The van der Waals surface area contributed by atoms with E-state index in [0.717, 1.165) is 11.4 Å². The fourth-order valence-electron chi connectivity index (χ4n) is 2.51. The smallest absolute Gasteiger partial charge is 0.270 e. The molecule has 3 rings (SSSR count). The number of hydrogen-bond donors (Lipinski definition) is 2. The number of ether oxygens (including phenoxy) is 1. The van der Waals surface area contributed by atoms with Crippen molar-refractivity contribution in [2.24, 2.45) is 0 Å². The average molecular weight is 367 g/mol. The minimum absolute atomic E-state index is 0.117. The Morgan fingerprint density at radius 2 is 1.74 bits per heavy atom. The first-order valence-electron chi connectivity index (χ1n) is 8.51. The zero-order valence-electron chi connectivity index (χ0n) is 15.2. The molecule has 0 aliphatic carbocycles. The number of benzene rings is 1. The zero-order chi connectivity index (χ0) is 19.2. The predicted molar refractivity (Wildman–Crippen MR) is 100 cm³/mol. The molecule has 2 amide bonds. The van der Waals surface area contributed by atoms with Gasteiger partial charge in [0.25, 0.3) is 11.8 Å². The molecular formula is C20H21N3O4. The molecule has 2 heterocycles. The van der Waals surface area contributed by atoms with Crippen molar-refractivity contribution in [3.8, 4) is 5.75 Å². The van der Waals surface area contributed by atoms with Crippen molar-refractivity contribution in [1.29, 1.82) is 0 Å². The van der Waals surface area contributed by atoms with Gasteiger partial charge >= 0.3 is 0 Å². The normalized spacial score (nSPS) is 10.4. The third-order valence-electron chi connectivity index (χ3n) is 4.01. The van der Waals surface area contributed by atoms with Gasteiger partial charge in [-0.3, -0.25) is 19.7 Å². The van der Waals surface area contributed by atoms with E-state index in [1.807, 2.05) is 26.0 Å². The monoisotopic (exact) mass is 367 g/mol. The predicted octanol–water partition coefficient (Wildman–Crippen LogP) is 2.78. The lowest BCUT2D eigenvalue weighted by atomic mass is 10.2. The van der Waals surface area contributed by atoms with Gasteiger partial charge in [-0.1, -0.05) is 0 Å². The Labute approximate surface area is 156 Å². The van der Waals surface area contributed by atoms with Gasteiger partial charge in [-0.2, -0.15) is 0 Å². The van der Waals surface area contributed by atoms with Crippen LogP contribution in [0.3, 0.4) is 0 Å². The first kappa shape index (κ1) is 18.3. The highest BCUT2D eigenvalue weighted by atomic mass is 16.5. The van der Waals surface area contributed by atoms with Crippen LogP contribution in [-0.4, -0.2) is 23.1 Å². The maximum absolute atomic E-state index is 12.3. The first-order valence-corrected chi connectivity index (χ1v) is 8.51. The summed E-state index contributed by atoms with van der Waals surface area (Å²) in [6, 6.07) is 14.0. The van der Waals surface area contributed by atoms with Crippen molar-refractivity contribution in [2.75, 3.05) is 12.0 Å². The van der Waals surface area contributed by atoms with Crippen LogP contribution in [0.25, 0.3) is 0 Å². The second-order valence-electron chi connectivity index (χ2n) is 6.06. The Hall–Kier alpha value is -3.48. The third kappa shape index (κ3) is 4.78. The molecule has 0 aliphatic rings. The lowest BCUT2D eigenvalue weighted by molar-refractivity contribution is -0.123. The van der Waals surface area contributed by atoms with E-state index in [-0.39, 0.29) is 18.4 Å².